The van der Waals surface area contributed by atoms with Crippen LogP contribution in [0.4, 0.5) is 0 Å². The molecule has 106 valence electrons. The zero-order valence-corrected chi connectivity index (χ0v) is 12.2. The number of hydrogen-bond acceptors (Lipinski definition) is 11. The maximum Gasteiger partial charge on any atom is 1.00 e. The van der Waals surface area contributed by atoms with E-state index in [0.29, 0.717) is 0 Å². The van der Waals surface area contributed by atoms with E-state index >= 15 is 0 Å². The molecular weight excluding hydrogens is 303 g/mol. The van der Waals surface area contributed by atoms with Crippen LogP contribution in [0.5, 0.6) is 0 Å². The maximum atomic E-state index is 10.1. The van der Waals surface area contributed by atoms with Gasteiger partial charge in [-0.1, -0.05) is 0 Å². The summed E-state index contributed by atoms with van der Waals surface area (Å²) in [4.78, 5) is 30.0. The van der Waals surface area contributed by atoms with Crippen LogP contribution in [-0.2, 0) is 24.8 Å². The molecule has 0 saturated heterocycles. The fourth-order valence-electron chi connectivity index (χ4n) is 0.684. The fraction of sp³-hybridized carbons (Fsp3) is 0.500. The molecule has 0 aromatic carbocycles. The molecule has 19 heavy (non-hydrogen) atoms. The molecule has 0 saturated carbocycles. The van der Waals surface area contributed by atoms with Crippen molar-refractivity contribution >= 4 is 28.3 Å². The molecule has 0 heterocycles. The van der Waals surface area contributed by atoms with E-state index in [1.165, 1.54) is 0 Å². The Morgan fingerprint density at radius 2 is 1.16 bits per heavy atom. The predicted octanol–water partition coefficient (Wildman–Crippen LogP) is -9.59. The van der Waals surface area contributed by atoms with Crippen molar-refractivity contribution in [1.29, 1.82) is 0 Å². The predicted molar refractivity (Wildman–Crippen MR) is 39.7 cm³/mol. The van der Waals surface area contributed by atoms with Crippen molar-refractivity contribution in [1.82, 2.24) is 0 Å². The fourth-order valence-corrected chi connectivity index (χ4v) is 0.684. The molecule has 0 aromatic heterocycles. The molecule has 0 aromatic rings. The van der Waals surface area contributed by atoms with Crippen molar-refractivity contribution in [3.63, 3.8) is 0 Å². The van der Waals surface area contributed by atoms with E-state index in [2.05, 4.69) is 0 Å². The topological polar surface area (TPSA) is 221 Å². The van der Waals surface area contributed by atoms with Crippen molar-refractivity contribution in [2.45, 2.75) is 18.4 Å². The Morgan fingerprint density at radius 3 is 1.26 bits per heavy atom. The summed E-state index contributed by atoms with van der Waals surface area (Å²) in [6, 6.07) is 0. The van der Waals surface area contributed by atoms with E-state index in [0.717, 1.165) is 0 Å². The van der Waals surface area contributed by atoms with Gasteiger partial charge in [-0.15, -0.1) is 0 Å². The van der Waals surface area contributed by atoms with Crippen molar-refractivity contribution in [3.8, 4) is 0 Å². The minimum Gasteiger partial charge on any atom is -0.759 e. The summed E-state index contributed by atoms with van der Waals surface area (Å²) in [5.74, 6) is -5.98. The molecule has 13 heteroatoms. The summed E-state index contributed by atoms with van der Waals surface area (Å²) in [5, 5.41) is 38.9. The number of carbonyl (C=O) groups excluding carboxylic acids is 3. The molecule has 0 radical (unpaired) electrons. The number of carboxylic acids is 3. The van der Waals surface area contributed by atoms with E-state index in [9.17, 15) is 29.7 Å². The van der Waals surface area contributed by atoms with E-state index in [1.54, 1.807) is 0 Å². The van der Waals surface area contributed by atoms with Gasteiger partial charge in [-0.05, 0) is 0 Å². The summed E-state index contributed by atoms with van der Waals surface area (Å²) in [6.07, 6.45) is -2.72. The second kappa shape index (κ2) is 9.19. The third-order valence-corrected chi connectivity index (χ3v) is 1.25. The van der Waals surface area contributed by atoms with Crippen LogP contribution in [0, 0.1) is 0 Å². The van der Waals surface area contributed by atoms with Crippen molar-refractivity contribution in [2.75, 3.05) is 0 Å². The van der Waals surface area contributed by atoms with Crippen LogP contribution in [0.1, 0.15) is 12.8 Å². The van der Waals surface area contributed by atoms with Crippen LogP contribution >= 0.6 is 0 Å². The van der Waals surface area contributed by atoms with Gasteiger partial charge in [0.05, 0.1) is 5.97 Å². The Balaban J connectivity index is -0.000000366. The van der Waals surface area contributed by atoms with Gasteiger partial charge in [-0.3, -0.25) is 8.42 Å². The molecule has 0 aliphatic rings. The first-order valence-corrected chi connectivity index (χ1v) is 5.11. The normalized spacial score (nSPS) is 10.5. The van der Waals surface area contributed by atoms with Gasteiger partial charge in [-0.2, -0.15) is 0 Å². The Morgan fingerprint density at radius 1 is 0.947 bits per heavy atom. The average molecular weight is 308 g/mol. The van der Waals surface area contributed by atoms with Crippen LogP contribution in [0.15, 0.2) is 0 Å². The third-order valence-electron chi connectivity index (χ3n) is 1.25. The summed E-state index contributed by atoms with van der Waals surface area (Å²) in [7, 11) is -5.17. The molecular formula is C6H5NaO11S-4. The largest absolute Gasteiger partial charge is 1.00 e. The Kier molecular flexibility index (Phi) is 11.3. The molecule has 0 amide bonds. The molecule has 0 aliphatic carbocycles. The first-order valence-electron chi connectivity index (χ1n) is 3.78. The summed E-state index contributed by atoms with van der Waals surface area (Å²) in [5.41, 5.74) is -2.97. The van der Waals surface area contributed by atoms with Crippen molar-refractivity contribution < 1.29 is 81.9 Å². The van der Waals surface area contributed by atoms with Gasteiger partial charge in [0, 0.05) is 35.2 Å². The zero-order chi connectivity index (χ0) is 15.1. The Bertz CT molecular complexity index is 402. The van der Waals surface area contributed by atoms with Gasteiger partial charge in [0.15, 0.2) is 0 Å². The third kappa shape index (κ3) is 17.2. The van der Waals surface area contributed by atoms with E-state index < -0.39 is 46.7 Å². The van der Waals surface area contributed by atoms with Crippen molar-refractivity contribution in [2.24, 2.45) is 0 Å². The summed E-state index contributed by atoms with van der Waals surface area (Å²) < 4.78 is 34.1. The first-order chi connectivity index (χ1) is 7.78. The minimum atomic E-state index is -5.17. The average Bonchev–Trinajstić information content (AvgIpc) is 1.95. The standard InChI is InChI=1S/C6H8O7.Na.H2O4S/c7-3(8)1-6(13,5(11)12)2-4(9)10;;1-5(2,3)4/h13H,1-2H2,(H,7,8)(H,9,10)(H,11,12);;(H2,1,2,3,4)/q;+1;/p-5. The summed E-state index contributed by atoms with van der Waals surface area (Å²) >= 11 is 0. The second-order valence-electron chi connectivity index (χ2n) is 2.82. The molecule has 0 aliphatic heterocycles. The molecule has 0 rings (SSSR count). The molecule has 0 atom stereocenters. The first kappa shape index (κ1) is 23.3. The van der Waals surface area contributed by atoms with Crippen LogP contribution in [0.25, 0.3) is 0 Å². The van der Waals surface area contributed by atoms with Gasteiger partial charge in [0.2, 0.25) is 0 Å². The maximum absolute atomic E-state index is 10.1. The van der Waals surface area contributed by atoms with Gasteiger partial charge in [0.25, 0.3) is 0 Å². The number of aliphatic carboxylic acids is 3. The summed E-state index contributed by atoms with van der Waals surface area (Å²) in [6.45, 7) is 0. The smallest absolute Gasteiger partial charge is 0.759 e. The van der Waals surface area contributed by atoms with Gasteiger partial charge in [0.1, 0.15) is 5.60 Å². The van der Waals surface area contributed by atoms with E-state index in [-0.39, 0.29) is 29.6 Å². The number of carbonyl (C=O) groups is 3. The van der Waals surface area contributed by atoms with Gasteiger partial charge < -0.3 is 43.9 Å². The van der Waals surface area contributed by atoms with Crippen LogP contribution in [0.3, 0.4) is 0 Å². The monoisotopic (exact) mass is 308 g/mol. The number of aliphatic hydroxyl groups is 1. The molecule has 0 fully saturated rings. The number of carboxylic acid groups (broad SMARTS) is 3. The van der Waals surface area contributed by atoms with E-state index in [1.807, 2.05) is 0 Å². The quantitative estimate of drug-likeness (QED) is 0.285. The SMILES string of the molecule is O=C([O-])CC(O)(CC(=O)[O-])C(=O)[O-].O=S(=O)([O-])[O-].[Na+]. The van der Waals surface area contributed by atoms with Gasteiger partial charge in [-0.25, -0.2) is 0 Å². The Labute approximate surface area is 128 Å². The molecule has 0 bridgehead atoms. The number of rotatable bonds is 5. The minimum absolute atomic E-state index is 0. The van der Waals surface area contributed by atoms with Crippen LogP contribution < -0.4 is 44.9 Å². The molecule has 1 N–H and O–H groups in total. The zero-order valence-electron chi connectivity index (χ0n) is 9.35. The van der Waals surface area contributed by atoms with Crippen LogP contribution in [0.2, 0.25) is 0 Å². The molecule has 11 nitrogen and oxygen atoms in total. The van der Waals surface area contributed by atoms with Crippen molar-refractivity contribution in [3.05, 3.63) is 0 Å². The molecule has 0 unspecified atom stereocenters. The Hall–Kier alpha value is -0.760. The molecule has 0 spiro atoms. The van der Waals surface area contributed by atoms with E-state index in [4.69, 9.17) is 22.6 Å². The van der Waals surface area contributed by atoms with Crippen LogP contribution in [-0.4, -0.2) is 46.1 Å². The van der Waals surface area contributed by atoms with Gasteiger partial charge >= 0.3 is 29.6 Å². The second-order valence-corrected chi connectivity index (χ2v) is 3.64. The number of hydrogen-bond donors (Lipinski definition) is 1.